The Morgan fingerprint density at radius 3 is 2.52 bits per heavy atom. The van der Waals surface area contributed by atoms with E-state index in [0.717, 1.165) is 10.9 Å². The molecule has 1 aromatic heterocycles. The van der Waals surface area contributed by atoms with Crippen LogP contribution in [0.15, 0.2) is 52.9 Å². The lowest BCUT2D eigenvalue weighted by Gasteiger charge is -2.08. The van der Waals surface area contributed by atoms with E-state index in [0.29, 0.717) is 17.1 Å². The van der Waals surface area contributed by atoms with E-state index >= 15 is 0 Å². The van der Waals surface area contributed by atoms with Gasteiger partial charge in [-0.3, -0.25) is 0 Å². The minimum Gasteiger partial charge on any atom is -0.452 e. The molecule has 0 bridgehead atoms. The van der Waals surface area contributed by atoms with Crippen molar-refractivity contribution in [1.82, 2.24) is 0 Å². The summed E-state index contributed by atoms with van der Waals surface area (Å²) in [6, 6.07) is 16.9. The zero-order valence-corrected chi connectivity index (χ0v) is 11.5. The second kappa shape index (κ2) is 5.31. The summed E-state index contributed by atoms with van der Waals surface area (Å²) in [6.45, 7) is 1.92. The molecule has 0 saturated carbocycles. The Morgan fingerprint density at radius 2 is 1.86 bits per heavy atom. The van der Waals surface area contributed by atoms with Crippen LogP contribution in [0.5, 0.6) is 11.5 Å². The lowest BCUT2D eigenvalue weighted by molar-refractivity contribution is 0.467. The lowest BCUT2D eigenvalue weighted by Crippen LogP contribution is -2.04. The molecule has 2 N–H and O–H groups in total. The second-order valence-electron chi connectivity index (χ2n) is 4.83. The molecule has 3 aromatic rings. The zero-order chi connectivity index (χ0) is 14.8. The van der Waals surface area contributed by atoms with Gasteiger partial charge in [0.2, 0.25) is 5.76 Å². The maximum atomic E-state index is 9.17. The van der Waals surface area contributed by atoms with E-state index in [1.165, 1.54) is 0 Å². The molecule has 104 valence electrons. The minimum atomic E-state index is -0.0246. The van der Waals surface area contributed by atoms with E-state index in [2.05, 4.69) is 0 Å². The third-order valence-electron chi connectivity index (χ3n) is 3.28. The molecule has 0 spiro atoms. The smallest absolute Gasteiger partial charge is 0.247 e. The predicted molar refractivity (Wildman–Crippen MR) is 80.0 cm³/mol. The minimum absolute atomic E-state index is 0.0246. The molecule has 4 nitrogen and oxygen atoms in total. The average molecular weight is 278 g/mol. The predicted octanol–water partition coefficient (Wildman–Crippen LogP) is 4.12. The summed E-state index contributed by atoms with van der Waals surface area (Å²) in [5.41, 5.74) is 7.48. The first kappa shape index (κ1) is 13.2. The molecule has 2 aromatic carbocycles. The Balaban J connectivity index is 1.99. The molecule has 0 unspecified atom stereocenters. The lowest BCUT2D eigenvalue weighted by atomic mass is 10.1. The topological polar surface area (TPSA) is 72.2 Å². The van der Waals surface area contributed by atoms with Gasteiger partial charge >= 0.3 is 0 Å². The first-order valence-electron chi connectivity index (χ1n) is 6.64. The van der Waals surface area contributed by atoms with Gasteiger partial charge in [0.1, 0.15) is 17.4 Å². The van der Waals surface area contributed by atoms with Crippen LogP contribution in [0.4, 0.5) is 0 Å². The summed E-state index contributed by atoms with van der Waals surface area (Å²) >= 11 is 0. The van der Waals surface area contributed by atoms with E-state index in [1.54, 1.807) is 0 Å². The Bertz CT molecular complexity index is 811. The normalized spacial score (nSPS) is 12.0. The number of benzene rings is 2. The highest BCUT2D eigenvalue weighted by Crippen LogP contribution is 2.35. The quantitative estimate of drug-likeness (QED) is 0.782. The molecule has 4 heteroatoms. The number of nitrogens with two attached hydrogens (primary N) is 1. The molecular formula is C17H14N2O2. The Labute approximate surface area is 122 Å². The molecule has 1 atom stereocenters. The SMILES string of the molecule is C[C@@H](N)c1ccc(Oc2c(C#N)oc3ccccc23)cc1. The van der Waals surface area contributed by atoms with Crippen LogP contribution in [0.1, 0.15) is 24.3 Å². The van der Waals surface area contributed by atoms with Gasteiger partial charge < -0.3 is 14.9 Å². The number of nitriles is 1. The van der Waals surface area contributed by atoms with E-state index < -0.39 is 0 Å². The number of ether oxygens (including phenoxy) is 1. The number of nitrogens with zero attached hydrogens (tertiary/aromatic N) is 1. The third kappa shape index (κ3) is 2.47. The van der Waals surface area contributed by atoms with Gasteiger partial charge in [-0.25, -0.2) is 0 Å². The van der Waals surface area contributed by atoms with Crippen molar-refractivity contribution in [3.63, 3.8) is 0 Å². The molecule has 1 heterocycles. The maximum Gasteiger partial charge on any atom is 0.247 e. The zero-order valence-electron chi connectivity index (χ0n) is 11.5. The molecule has 21 heavy (non-hydrogen) atoms. The Hall–Kier alpha value is -2.77. The van der Waals surface area contributed by atoms with Crippen molar-refractivity contribution in [2.75, 3.05) is 0 Å². The summed E-state index contributed by atoms with van der Waals surface area (Å²) in [4.78, 5) is 0. The van der Waals surface area contributed by atoms with E-state index in [-0.39, 0.29) is 11.8 Å². The molecule has 0 amide bonds. The summed E-state index contributed by atoms with van der Waals surface area (Å²) in [5.74, 6) is 1.26. The van der Waals surface area contributed by atoms with Crippen molar-refractivity contribution in [3.8, 4) is 17.6 Å². The van der Waals surface area contributed by atoms with Crippen LogP contribution in [0, 0.1) is 11.3 Å². The van der Waals surface area contributed by atoms with Gasteiger partial charge in [-0.05, 0) is 36.8 Å². The fourth-order valence-electron chi connectivity index (χ4n) is 2.15. The van der Waals surface area contributed by atoms with E-state index in [9.17, 15) is 5.26 Å². The fourth-order valence-corrected chi connectivity index (χ4v) is 2.15. The first-order chi connectivity index (χ1) is 10.2. The van der Waals surface area contributed by atoms with Gasteiger partial charge in [-0.1, -0.05) is 24.3 Å². The molecule has 3 rings (SSSR count). The number of hydrogen-bond acceptors (Lipinski definition) is 4. The molecular weight excluding hydrogens is 264 g/mol. The molecule has 0 saturated heterocycles. The van der Waals surface area contributed by atoms with Crippen LogP contribution in [0.2, 0.25) is 0 Å². The van der Waals surface area contributed by atoms with Crippen molar-refractivity contribution in [2.45, 2.75) is 13.0 Å². The van der Waals surface area contributed by atoms with Crippen molar-refractivity contribution in [1.29, 1.82) is 5.26 Å². The van der Waals surface area contributed by atoms with Crippen LogP contribution in [0.3, 0.4) is 0 Å². The standard InChI is InChI=1S/C17H14N2O2/c1-11(19)12-6-8-13(9-7-12)20-17-14-4-2-3-5-15(14)21-16(17)10-18/h2-9,11H,19H2,1H3/t11-/m1/s1. The van der Waals surface area contributed by atoms with Gasteiger partial charge in [0, 0.05) is 6.04 Å². The summed E-state index contributed by atoms with van der Waals surface area (Å²) in [7, 11) is 0. The van der Waals surface area contributed by atoms with Gasteiger partial charge in [-0.2, -0.15) is 5.26 Å². The number of hydrogen-bond donors (Lipinski definition) is 1. The van der Waals surface area contributed by atoms with Crippen LogP contribution < -0.4 is 10.5 Å². The van der Waals surface area contributed by atoms with Gasteiger partial charge in [0.15, 0.2) is 5.75 Å². The van der Waals surface area contributed by atoms with Crippen LogP contribution >= 0.6 is 0 Å². The number of rotatable bonds is 3. The number of fused-ring (bicyclic) bond motifs is 1. The molecule has 0 aliphatic rings. The summed E-state index contributed by atoms with van der Waals surface area (Å²) in [5, 5.41) is 9.96. The van der Waals surface area contributed by atoms with Crippen LogP contribution in [-0.2, 0) is 0 Å². The summed E-state index contributed by atoms with van der Waals surface area (Å²) < 4.78 is 11.3. The highest BCUT2D eigenvalue weighted by atomic mass is 16.5. The third-order valence-corrected chi connectivity index (χ3v) is 3.28. The monoisotopic (exact) mass is 278 g/mol. The fraction of sp³-hybridized carbons (Fsp3) is 0.118. The van der Waals surface area contributed by atoms with Gasteiger partial charge in [0.05, 0.1) is 5.39 Å². The van der Waals surface area contributed by atoms with Crippen molar-refractivity contribution < 1.29 is 9.15 Å². The molecule has 0 fully saturated rings. The average Bonchev–Trinajstić information content (AvgIpc) is 2.86. The highest BCUT2D eigenvalue weighted by Gasteiger charge is 2.15. The molecule has 0 radical (unpaired) electrons. The largest absolute Gasteiger partial charge is 0.452 e. The van der Waals surface area contributed by atoms with Crippen molar-refractivity contribution in [3.05, 3.63) is 59.9 Å². The number of para-hydroxylation sites is 1. The highest BCUT2D eigenvalue weighted by molar-refractivity contribution is 5.86. The first-order valence-corrected chi connectivity index (χ1v) is 6.64. The maximum absolute atomic E-state index is 9.17. The van der Waals surface area contributed by atoms with E-state index in [1.807, 2.05) is 61.5 Å². The van der Waals surface area contributed by atoms with Gasteiger partial charge in [0.25, 0.3) is 0 Å². The van der Waals surface area contributed by atoms with Crippen molar-refractivity contribution in [2.24, 2.45) is 5.73 Å². The van der Waals surface area contributed by atoms with Crippen LogP contribution in [-0.4, -0.2) is 0 Å². The summed E-state index contributed by atoms with van der Waals surface area (Å²) in [6.07, 6.45) is 0. The van der Waals surface area contributed by atoms with E-state index in [4.69, 9.17) is 14.9 Å². The molecule has 0 aliphatic carbocycles. The van der Waals surface area contributed by atoms with Crippen molar-refractivity contribution >= 4 is 11.0 Å². The molecule has 0 aliphatic heterocycles. The Kier molecular flexibility index (Phi) is 3.35. The van der Waals surface area contributed by atoms with Gasteiger partial charge in [-0.15, -0.1) is 0 Å². The van der Waals surface area contributed by atoms with Crippen LogP contribution in [0.25, 0.3) is 11.0 Å². The number of furan rings is 1. The Morgan fingerprint density at radius 1 is 1.14 bits per heavy atom. The second-order valence-corrected chi connectivity index (χ2v) is 4.83.